The molecule has 0 radical (unpaired) electrons. The number of amides is 2. The van der Waals surface area contributed by atoms with Gasteiger partial charge in [0.1, 0.15) is 11.4 Å². The highest BCUT2D eigenvalue weighted by molar-refractivity contribution is 7.13. The molecule has 0 fully saturated rings. The third kappa shape index (κ3) is 4.46. The summed E-state index contributed by atoms with van der Waals surface area (Å²) in [5.41, 5.74) is 1.80. The van der Waals surface area contributed by atoms with Gasteiger partial charge in [-0.3, -0.25) is 14.9 Å². The Kier molecular flexibility index (Phi) is 5.76. The SMILES string of the molecule is Cn1cccc1C(=O)NC(=O)COC(=O)c1cc(-c2cccs2)nn1-c1ccccc1. The zero-order valence-electron chi connectivity index (χ0n) is 16.5. The number of esters is 1. The smallest absolute Gasteiger partial charge is 0.357 e. The number of hydrogen-bond acceptors (Lipinski definition) is 6. The highest BCUT2D eigenvalue weighted by Crippen LogP contribution is 2.26. The van der Waals surface area contributed by atoms with Gasteiger partial charge in [0, 0.05) is 19.3 Å². The molecule has 0 aliphatic heterocycles. The van der Waals surface area contributed by atoms with Crippen molar-refractivity contribution in [3.05, 3.63) is 83.6 Å². The van der Waals surface area contributed by atoms with Crippen LogP contribution in [0.3, 0.4) is 0 Å². The number of carbonyl (C=O) groups is 3. The molecule has 1 aromatic carbocycles. The normalized spacial score (nSPS) is 10.6. The third-order valence-corrected chi connectivity index (χ3v) is 5.35. The van der Waals surface area contributed by atoms with Crippen molar-refractivity contribution in [3.8, 4) is 16.3 Å². The van der Waals surface area contributed by atoms with Crippen molar-refractivity contribution in [1.82, 2.24) is 19.7 Å². The van der Waals surface area contributed by atoms with Gasteiger partial charge in [0.15, 0.2) is 12.3 Å². The minimum absolute atomic E-state index is 0.177. The predicted octanol–water partition coefficient (Wildman–Crippen LogP) is 3.05. The Bertz CT molecular complexity index is 1230. The lowest BCUT2D eigenvalue weighted by atomic mass is 10.3. The van der Waals surface area contributed by atoms with Crippen LogP contribution in [0.25, 0.3) is 16.3 Å². The molecule has 31 heavy (non-hydrogen) atoms. The second-order valence-corrected chi connectivity index (χ2v) is 7.54. The Morgan fingerprint density at radius 3 is 2.52 bits per heavy atom. The van der Waals surface area contributed by atoms with E-state index in [0.717, 1.165) is 4.88 Å². The molecule has 0 atom stereocenters. The molecule has 156 valence electrons. The van der Waals surface area contributed by atoms with E-state index in [4.69, 9.17) is 4.74 Å². The largest absolute Gasteiger partial charge is 0.451 e. The Morgan fingerprint density at radius 1 is 1.03 bits per heavy atom. The van der Waals surface area contributed by atoms with Crippen LogP contribution in [-0.4, -0.2) is 38.7 Å². The summed E-state index contributed by atoms with van der Waals surface area (Å²) >= 11 is 1.50. The number of imide groups is 1. The van der Waals surface area contributed by atoms with Crippen LogP contribution in [0.15, 0.2) is 72.2 Å². The van der Waals surface area contributed by atoms with Gasteiger partial charge in [-0.25, -0.2) is 9.48 Å². The third-order valence-electron chi connectivity index (χ3n) is 4.46. The first-order valence-electron chi connectivity index (χ1n) is 9.35. The Balaban J connectivity index is 1.49. The van der Waals surface area contributed by atoms with Gasteiger partial charge in [-0.2, -0.15) is 5.10 Å². The van der Waals surface area contributed by atoms with E-state index in [1.165, 1.54) is 16.0 Å². The van der Waals surface area contributed by atoms with E-state index < -0.39 is 24.4 Å². The molecule has 9 heteroatoms. The van der Waals surface area contributed by atoms with E-state index in [2.05, 4.69) is 10.4 Å². The number of nitrogens with zero attached hydrogens (tertiary/aromatic N) is 3. The number of ether oxygens (including phenoxy) is 1. The summed E-state index contributed by atoms with van der Waals surface area (Å²) in [6, 6.07) is 17.8. The number of hydrogen-bond donors (Lipinski definition) is 1. The highest BCUT2D eigenvalue weighted by Gasteiger charge is 2.21. The molecular formula is C22H18N4O4S. The lowest BCUT2D eigenvalue weighted by molar-refractivity contribution is -0.123. The minimum atomic E-state index is -0.722. The van der Waals surface area contributed by atoms with Crippen molar-refractivity contribution in [2.45, 2.75) is 0 Å². The van der Waals surface area contributed by atoms with Gasteiger partial charge in [0.2, 0.25) is 0 Å². The molecule has 0 spiro atoms. The molecule has 0 bridgehead atoms. The monoisotopic (exact) mass is 434 g/mol. The van der Waals surface area contributed by atoms with E-state index in [9.17, 15) is 14.4 Å². The zero-order valence-corrected chi connectivity index (χ0v) is 17.3. The molecule has 0 aliphatic rings. The number of para-hydroxylation sites is 1. The number of thiophene rings is 1. The molecule has 0 saturated heterocycles. The van der Waals surface area contributed by atoms with Gasteiger partial charge in [0.25, 0.3) is 11.8 Å². The fourth-order valence-corrected chi connectivity index (χ4v) is 3.65. The second-order valence-electron chi connectivity index (χ2n) is 6.60. The average molecular weight is 434 g/mol. The van der Waals surface area contributed by atoms with E-state index in [-0.39, 0.29) is 5.69 Å². The minimum Gasteiger partial charge on any atom is -0.451 e. The van der Waals surface area contributed by atoms with E-state index in [1.54, 1.807) is 36.0 Å². The van der Waals surface area contributed by atoms with Crippen LogP contribution in [0.1, 0.15) is 21.0 Å². The zero-order chi connectivity index (χ0) is 21.8. The number of aromatic nitrogens is 3. The average Bonchev–Trinajstić information content (AvgIpc) is 3.52. The summed E-state index contributed by atoms with van der Waals surface area (Å²) in [6.07, 6.45) is 1.69. The number of carbonyl (C=O) groups excluding carboxylic acids is 3. The van der Waals surface area contributed by atoms with Crippen LogP contribution >= 0.6 is 11.3 Å². The van der Waals surface area contributed by atoms with Gasteiger partial charge < -0.3 is 9.30 Å². The van der Waals surface area contributed by atoms with Gasteiger partial charge in [0.05, 0.1) is 10.6 Å². The maximum Gasteiger partial charge on any atom is 0.357 e. The molecule has 8 nitrogen and oxygen atoms in total. The van der Waals surface area contributed by atoms with Gasteiger partial charge in [-0.15, -0.1) is 11.3 Å². The molecule has 4 rings (SSSR count). The Labute approximate surface area is 181 Å². The summed E-state index contributed by atoms with van der Waals surface area (Å²) < 4.78 is 8.22. The Morgan fingerprint density at radius 2 is 1.84 bits per heavy atom. The molecule has 4 aromatic rings. The van der Waals surface area contributed by atoms with Crippen LogP contribution in [-0.2, 0) is 16.6 Å². The van der Waals surface area contributed by atoms with Gasteiger partial charge in [-0.05, 0) is 35.7 Å². The summed E-state index contributed by atoms with van der Waals surface area (Å²) in [6.45, 7) is -0.594. The number of aryl methyl sites for hydroxylation is 1. The fourth-order valence-electron chi connectivity index (χ4n) is 2.97. The summed E-state index contributed by atoms with van der Waals surface area (Å²) in [5.74, 6) is -2.01. The standard InChI is InChI=1S/C22H18N4O4S/c1-25-11-5-9-17(25)21(28)23-20(27)14-30-22(29)18-13-16(19-10-6-12-31-19)24-26(18)15-7-3-2-4-8-15/h2-13H,14H2,1H3,(H,23,27,28). The highest BCUT2D eigenvalue weighted by atomic mass is 32.1. The number of rotatable bonds is 6. The maximum atomic E-state index is 12.7. The number of benzene rings is 1. The van der Waals surface area contributed by atoms with Crippen LogP contribution in [0.4, 0.5) is 0 Å². The topological polar surface area (TPSA) is 95.2 Å². The molecule has 3 heterocycles. The second kappa shape index (κ2) is 8.80. The van der Waals surface area contributed by atoms with Crippen molar-refractivity contribution in [2.24, 2.45) is 7.05 Å². The van der Waals surface area contributed by atoms with E-state index >= 15 is 0 Å². The number of nitrogens with one attached hydrogen (secondary N) is 1. The summed E-state index contributed by atoms with van der Waals surface area (Å²) in [7, 11) is 1.69. The van der Waals surface area contributed by atoms with Crippen LogP contribution in [0, 0.1) is 0 Å². The molecular weight excluding hydrogens is 416 g/mol. The van der Waals surface area contributed by atoms with Gasteiger partial charge in [-0.1, -0.05) is 24.3 Å². The van der Waals surface area contributed by atoms with Crippen LogP contribution < -0.4 is 5.32 Å². The molecule has 3 aromatic heterocycles. The van der Waals surface area contributed by atoms with Crippen LogP contribution in [0.2, 0.25) is 0 Å². The van der Waals surface area contributed by atoms with Crippen molar-refractivity contribution in [1.29, 1.82) is 0 Å². The lowest BCUT2D eigenvalue weighted by Gasteiger charge is -2.08. The van der Waals surface area contributed by atoms with E-state index in [1.807, 2.05) is 47.8 Å². The summed E-state index contributed by atoms with van der Waals surface area (Å²) in [5, 5.41) is 8.66. The Hall–Kier alpha value is -3.98. The van der Waals surface area contributed by atoms with E-state index in [0.29, 0.717) is 17.1 Å². The van der Waals surface area contributed by atoms with Crippen LogP contribution in [0.5, 0.6) is 0 Å². The quantitative estimate of drug-likeness (QED) is 0.471. The predicted molar refractivity (Wildman–Crippen MR) is 115 cm³/mol. The van der Waals surface area contributed by atoms with Gasteiger partial charge >= 0.3 is 5.97 Å². The van der Waals surface area contributed by atoms with Crippen molar-refractivity contribution < 1.29 is 19.1 Å². The van der Waals surface area contributed by atoms with Crippen molar-refractivity contribution >= 4 is 29.1 Å². The first-order chi connectivity index (χ1) is 15.0. The maximum absolute atomic E-state index is 12.7. The molecule has 2 amide bonds. The first kappa shape index (κ1) is 20.3. The molecule has 0 aliphatic carbocycles. The first-order valence-corrected chi connectivity index (χ1v) is 10.2. The molecule has 0 saturated carbocycles. The summed E-state index contributed by atoms with van der Waals surface area (Å²) in [4.78, 5) is 37.9. The lowest BCUT2D eigenvalue weighted by Crippen LogP contribution is -2.35. The molecule has 0 unspecified atom stereocenters. The molecule has 1 N–H and O–H groups in total. The van der Waals surface area contributed by atoms with Crippen molar-refractivity contribution in [2.75, 3.05) is 6.61 Å². The van der Waals surface area contributed by atoms with Crippen molar-refractivity contribution in [3.63, 3.8) is 0 Å². The fraction of sp³-hybridized carbons (Fsp3) is 0.0909.